The molecule has 7 nitrogen and oxygen atoms in total. The molecule has 132 valence electrons. The van der Waals surface area contributed by atoms with Crippen LogP contribution >= 0.6 is 11.6 Å². The van der Waals surface area contributed by atoms with Gasteiger partial charge in [0.1, 0.15) is 11.6 Å². The molecule has 0 bridgehead atoms. The van der Waals surface area contributed by atoms with E-state index in [2.05, 4.69) is 19.9 Å². The molecule has 0 atom stereocenters. The van der Waals surface area contributed by atoms with E-state index in [9.17, 15) is 13.5 Å². The number of aromatic nitrogens is 1. The Hall–Kier alpha value is -2.97. The van der Waals surface area contributed by atoms with Crippen molar-refractivity contribution in [3.8, 4) is 5.75 Å². The third kappa shape index (κ3) is 4.35. The first-order valence-electron chi connectivity index (χ1n) is 7.38. The van der Waals surface area contributed by atoms with Gasteiger partial charge in [-0.2, -0.15) is 10.2 Å². The number of anilines is 1. The van der Waals surface area contributed by atoms with Gasteiger partial charge in [-0.05, 0) is 54.6 Å². The van der Waals surface area contributed by atoms with Crippen LogP contribution < -0.4 is 4.72 Å². The quantitative estimate of drug-likeness (QED) is 0.620. The van der Waals surface area contributed by atoms with Crippen molar-refractivity contribution in [2.75, 3.05) is 4.72 Å². The Kier molecular flexibility index (Phi) is 5.15. The number of hydrogen-bond acceptors (Lipinski definition) is 6. The van der Waals surface area contributed by atoms with Crippen LogP contribution in [0.2, 0.25) is 5.02 Å². The highest BCUT2D eigenvalue weighted by Crippen LogP contribution is 2.29. The van der Waals surface area contributed by atoms with Crippen LogP contribution in [0.1, 0.15) is 0 Å². The maximum atomic E-state index is 12.3. The Morgan fingerprint density at radius 2 is 1.65 bits per heavy atom. The zero-order chi connectivity index (χ0) is 18.6. The number of nitrogens with one attached hydrogen (secondary N) is 1. The highest BCUT2D eigenvalue weighted by Gasteiger charge is 2.14. The Morgan fingerprint density at radius 1 is 0.962 bits per heavy atom. The number of nitrogens with zero attached hydrogens (tertiary/aromatic N) is 3. The second kappa shape index (κ2) is 7.51. The summed E-state index contributed by atoms with van der Waals surface area (Å²) >= 11 is 5.80. The molecule has 1 heterocycles. The molecule has 0 fully saturated rings. The van der Waals surface area contributed by atoms with Crippen molar-refractivity contribution in [2.24, 2.45) is 10.2 Å². The molecule has 0 saturated heterocycles. The lowest BCUT2D eigenvalue weighted by atomic mass is 10.3. The molecule has 0 aliphatic rings. The number of rotatable bonds is 5. The van der Waals surface area contributed by atoms with Crippen LogP contribution in [0.25, 0.3) is 0 Å². The number of pyridine rings is 1. The van der Waals surface area contributed by atoms with Crippen LogP contribution in [-0.4, -0.2) is 18.5 Å². The summed E-state index contributed by atoms with van der Waals surface area (Å²) < 4.78 is 27.0. The van der Waals surface area contributed by atoms with E-state index in [0.29, 0.717) is 11.4 Å². The Bertz CT molecular complexity index is 1040. The molecule has 0 spiro atoms. The number of sulfonamides is 1. The third-order valence-corrected chi connectivity index (χ3v) is 4.94. The second-order valence-electron chi connectivity index (χ2n) is 5.15. The van der Waals surface area contributed by atoms with Crippen LogP contribution in [-0.2, 0) is 10.0 Å². The predicted molar refractivity (Wildman–Crippen MR) is 98.8 cm³/mol. The average molecular weight is 389 g/mol. The van der Waals surface area contributed by atoms with Crippen molar-refractivity contribution in [2.45, 2.75) is 4.90 Å². The first-order valence-corrected chi connectivity index (χ1v) is 9.24. The monoisotopic (exact) mass is 388 g/mol. The predicted octanol–water partition coefficient (Wildman–Crippen LogP) is 4.66. The molecule has 9 heteroatoms. The van der Waals surface area contributed by atoms with Crippen molar-refractivity contribution in [3.05, 3.63) is 71.9 Å². The van der Waals surface area contributed by atoms with Gasteiger partial charge in [0.2, 0.25) is 0 Å². The number of hydrogen-bond donors (Lipinski definition) is 2. The van der Waals surface area contributed by atoms with Crippen molar-refractivity contribution in [1.29, 1.82) is 0 Å². The van der Waals surface area contributed by atoms with E-state index in [1.165, 1.54) is 42.6 Å². The van der Waals surface area contributed by atoms with Gasteiger partial charge in [-0.3, -0.25) is 4.72 Å². The molecule has 0 saturated carbocycles. The smallest absolute Gasteiger partial charge is 0.263 e. The highest BCUT2D eigenvalue weighted by molar-refractivity contribution is 7.92. The summed E-state index contributed by atoms with van der Waals surface area (Å²) in [4.78, 5) is 4.01. The van der Waals surface area contributed by atoms with Gasteiger partial charge in [0.15, 0.2) is 0 Å². The van der Waals surface area contributed by atoms with E-state index < -0.39 is 10.0 Å². The van der Waals surface area contributed by atoms with Crippen LogP contribution in [0.15, 0.2) is 82.0 Å². The number of halogens is 1. The van der Waals surface area contributed by atoms with E-state index in [4.69, 9.17) is 11.6 Å². The van der Waals surface area contributed by atoms with E-state index in [1.807, 2.05) is 0 Å². The summed E-state index contributed by atoms with van der Waals surface area (Å²) in [5.41, 5.74) is 0.923. The van der Waals surface area contributed by atoms with E-state index in [1.54, 1.807) is 24.3 Å². The van der Waals surface area contributed by atoms with Crippen LogP contribution in [0.3, 0.4) is 0 Å². The number of benzene rings is 2. The zero-order valence-electron chi connectivity index (χ0n) is 13.2. The largest absolute Gasteiger partial charge is 0.506 e. The molecule has 0 amide bonds. The molecular weight excluding hydrogens is 376 g/mol. The van der Waals surface area contributed by atoms with Crippen LogP contribution in [0, 0.1) is 0 Å². The van der Waals surface area contributed by atoms with Crippen molar-refractivity contribution in [1.82, 2.24) is 4.98 Å². The molecule has 0 aliphatic carbocycles. The minimum Gasteiger partial charge on any atom is -0.506 e. The van der Waals surface area contributed by atoms with Crippen molar-refractivity contribution in [3.63, 3.8) is 0 Å². The Morgan fingerprint density at radius 3 is 2.31 bits per heavy atom. The van der Waals surface area contributed by atoms with Gasteiger partial charge in [0.05, 0.1) is 21.3 Å². The average Bonchev–Trinajstić information content (AvgIpc) is 2.63. The minimum absolute atomic E-state index is 0.0411. The highest BCUT2D eigenvalue weighted by atomic mass is 35.5. The van der Waals surface area contributed by atoms with Gasteiger partial charge < -0.3 is 5.11 Å². The summed E-state index contributed by atoms with van der Waals surface area (Å²) in [6.45, 7) is 0. The second-order valence-corrected chi connectivity index (χ2v) is 7.24. The molecule has 2 N–H and O–H groups in total. The lowest BCUT2D eigenvalue weighted by molar-refractivity contribution is 0.475. The van der Waals surface area contributed by atoms with Gasteiger partial charge >= 0.3 is 0 Å². The topological polar surface area (TPSA) is 104 Å². The van der Waals surface area contributed by atoms with Gasteiger partial charge in [-0.1, -0.05) is 17.7 Å². The number of phenols is 1. The molecule has 1 aromatic heterocycles. The zero-order valence-corrected chi connectivity index (χ0v) is 14.8. The Balaban J connectivity index is 1.75. The van der Waals surface area contributed by atoms with Crippen LogP contribution in [0.4, 0.5) is 17.2 Å². The fraction of sp³-hybridized carbons (Fsp3) is 0. The van der Waals surface area contributed by atoms with Gasteiger partial charge in [-0.25, -0.2) is 13.4 Å². The lowest BCUT2D eigenvalue weighted by Gasteiger charge is -2.06. The molecule has 26 heavy (non-hydrogen) atoms. The molecule has 0 aliphatic heterocycles. The van der Waals surface area contributed by atoms with Gasteiger partial charge in [-0.15, -0.1) is 0 Å². The van der Waals surface area contributed by atoms with E-state index >= 15 is 0 Å². The van der Waals surface area contributed by atoms with Crippen LogP contribution in [0.5, 0.6) is 5.75 Å². The first-order chi connectivity index (χ1) is 12.4. The number of phenolic OH excluding ortho intramolecular Hbond substituents is 1. The number of azo groups is 1. The SMILES string of the molecule is O=S(=O)(Nc1ccccn1)c1ccc(/N=N/c2ccc(O)c(Cl)c2)cc1. The normalized spacial score (nSPS) is 11.6. The minimum atomic E-state index is -3.74. The standard InChI is InChI=1S/C17H13ClN4O3S/c18-15-11-13(6-9-16(15)23)21-20-12-4-7-14(8-5-12)26(24,25)22-17-3-1-2-10-19-17/h1-11,23H,(H,19,22)/b21-20+. The maximum absolute atomic E-state index is 12.3. The van der Waals surface area contributed by atoms with Crippen molar-refractivity contribution >= 4 is 38.8 Å². The molecule has 3 aromatic rings. The van der Waals surface area contributed by atoms with Gasteiger partial charge in [0, 0.05) is 6.20 Å². The fourth-order valence-corrected chi connectivity index (χ4v) is 3.17. The summed E-state index contributed by atoms with van der Waals surface area (Å²) in [5, 5.41) is 17.5. The third-order valence-electron chi connectivity index (χ3n) is 3.26. The molecular formula is C17H13ClN4O3S. The van der Waals surface area contributed by atoms with Gasteiger partial charge in [0.25, 0.3) is 10.0 Å². The summed E-state index contributed by atoms with van der Waals surface area (Å²) in [5.74, 6) is 0.195. The summed E-state index contributed by atoms with van der Waals surface area (Å²) in [6.07, 6.45) is 1.50. The summed E-state index contributed by atoms with van der Waals surface area (Å²) in [6, 6.07) is 15.3. The first kappa shape index (κ1) is 17.8. The molecule has 0 radical (unpaired) electrons. The Labute approximate surface area is 155 Å². The van der Waals surface area contributed by atoms with E-state index in [-0.39, 0.29) is 21.5 Å². The summed E-state index contributed by atoms with van der Waals surface area (Å²) in [7, 11) is -3.74. The van der Waals surface area contributed by atoms with E-state index in [0.717, 1.165) is 0 Å². The molecule has 0 unspecified atom stereocenters. The number of aromatic hydroxyl groups is 1. The molecule has 2 aromatic carbocycles. The maximum Gasteiger partial charge on any atom is 0.263 e. The fourth-order valence-electron chi connectivity index (χ4n) is 1.99. The van der Waals surface area contributed by atoms with Crippen molar-refractivity contribution < 1.29 is 13.5 Å². The molecule has 3 rings (SSSR count). The lowest BCUT2D eigenvalue weighted by Crippen LogP contribution is -2.13.